The van der Waals surface area contributed by atoms with Crippen LogP contribution in [0.25, 0.3) is 0 Å². The Morgan fingerprint density at radius 3 is 2.55 bits per heavy atom. The molecule has 0 bridgehead atoms. The van der Waals surface area contributed by atoms with Gasteiger partial charge in [0, 0.05) is 6.42 Å². The quantitative estimate of drug-likeness (QED) is 0.593. The van der Waals surface area contributed by atoms with Gasteiger partial charge in [-0.1, -0.05) is 30.3 Å². The van der Waals surface area contributed by atoms with Gasteiger partial charge in [-0.15, -0.1) is 0 Å². The average Bonchev–Trinajstić information content (AvgIpc) is 2.44. The Hall–Kier alpha value is -1.88. The van der Waals surface area contributed by atoms with Crippen molar-refractivity contribution < 1.29 is 14.7 Å². The summed E-state index contributed by atoms with van der Waals surface area (Å²) in [5.41, 5.74) is 1.07. The van der Waals surface area contributed by atoms with E-state index in [-0.39, 0.29) is 5.91 Å². The van der Waals surface area contributed by atoms with Crippen LogP contribution in [-0.4, -0.2) is 36.6 Å². The van der Waals surface area contributed by atoms with E-state index in [1.165, 1.54) is 0 Å². The highest BCUT2D eigenvalue weighted by molar-refractivity contribution is 5.83. The van der Waals surface area contributed by atoms with Crippen molar-refractivity contribution in [3.8, 4) is 0 Å². The molecule has 0 heterocycles. The second kappa shape index (κ2) is 9.09. The van der Waals surface area contributed by atoms with Gasteiger partial charge < -0.3 is 15.7 Å². The van der Waals surface area contributed by atoms with Crippen LogP contribution in [0.1, 0.15) is 24.8 Å². The summed E-state index contributed by atoms with van der Waals surface area (Å²) < 4.78 is 0. The van der Waals surface area contributed by atoms with Crippen molar-refractivity contribution in [2.24, 2.45) is 0 Å². The third-order valence-corrected chi connectivity index (χ3v) is 3.03. The lowest BCUT2D eigenvalue weighted by Crippen LogP contribution is -2.41. The molecular weight excluding hydrogens is 256 g/mol. The maximum Gasteiger partial charge on any atom is 0.326 e. The molecule has 0 radical (unpaired) electrons. The lowest BCUT2D eigenvalue weighted by molar-refractivity contribution is -0.142. The zero-order valence-corrected chi connectivity index (χ0v) is 11.8. The molecule has 0 fully saturated rings. The summed E-state index contributed by atoms with van der Waals surface area (Å²) in [7, 11) is 1.82. The molecule has 0 aliphatic carbocycles. The number of carboxylic acid groups (broad SMARTS) is 1. The summed E-state index contributed by atoms with van der Waals surface area (Å²) in [6, 6.07) is 8.84. The Morgan fingerprint density at radius 1 is 1.25 bits per heavy atom. The van der Waals surface area contributed by atoms with Gasteiger partial charge in [0.15, 0.2) is 0 Å². The monoisotopic (exact) mass is 278 g/mol. The van der Waals surface area contributed by atoms with Crippen molar-refractivity contribution >= 4 is 11.9 Å². The van der Waals surface area contributed by atoms with Crippen LogP contribution in [0.2, 0.25) is 0 Å². The number of hydrogen-bond donors (Lipinski definition) is 3. The number of rotatable bonds is 9. The van der Waals surface area contributed by atoms with Crippen LogP contribution in [0.4, 0.5) is 0 Å². The summed E-state index contributed by atoms with van der Waals surface area (Å²) in [5, 5.41) is 14.7. The minimum absolute atomic E-state index is 0.208. The zero-order chi connectivity index (χ0) is 14.8. The standard InChI is InChI=1S/C15H22N2O3/c1-16-11-5-8-14(18)17-13(15(19)20)10-9-12-6-3-2-4-7-12/h2-4,6-7,13,16H,5,8-11H2,1H3,(H,17,18)(H,19,20). The smallest absolute Gasteiger partial charge is 0.326 e. The largest absolute Gasteiger partial charge is 0.480 e. The second-order valence-corrected chi connectivity index (χ2v) is 4.69. The Labute approximate surface area is 119 Å². The number of carbonyl (C=O) groups excluding carboxylic acids is 1. The molecule has 0 saturated carbocycles. The summed E-state index contributed by atoms with van der Waals surface area (Å²) in [6.07, 6.45) is 2.08. The third kappa shape index (κ3) is 6.33. The Bertz CT molecular complexity index is 420. The maximum atomic E-state index is 11.6. The molecule has 1 rings (SSSR count). The second-order valence-electron chi connectivity index (χ2n) is 4.69. The van der Waals surface area contributed by atoms with Gasteiger partial charge in [0.2, 0.25) is 5.91 Å². The molecule has 0 aliphatic heterocycles. The third-order valence-electron chi connectivity index (χ3n) is 3.03. The van der Waals surface area contributed by atoms with E-state index >= 15 is 0 Å². The lowest BCUT2D eigenvalue weighted by Gasteiger charge is -2.14. The van der Waals surface area contributed by atoms with Gasteiger partial charge in [-0.3, -0.25) is 4.79 Å². The lowest BCUT2D eigenvalue weighted by atomic mass is 10.1. The Morgan fingerprint density at radius 2 is 1.95 bits per heavy atom. The van der Waals surface area contributed by atoms with Gasteiger partial charge >= 0.3 is 5.97 Å². The fourth-order valence-electron chi connectivity index (χ4n) is 1.91. The van der Waals surface area contributed by atoms with E-state index in [0.29, 0.717) is 25.7 Å². The highest BCUT2D eigenvalue weighted by Crippen LogP contribution is 2.05. The number of amides is 1. The minimum Gasteiger partial charge on any atom is -0.480 e. The molecule has 5 nitrogen and oxygen atoms in total. The molecule has 0 spiro atoms. The van der Waals surface area contributed by atoms with Crippen LogP contribution < -0.4 is 10.6 Å². The first-order valence-corrected chi connectivity index (χ1v) is 6.84. The molecule has 1 aromatic rings. The molecule has 0 aromatic heterocycles. The number of nitrogens with one attached hydrogen (secondary N) is 2. The van der Waals surface area contributed by atoms with Gasteiger partial charge in [-0.05, 0) is 38.4 Å². The van der Waals surface area contributed by atoms with E-state index in [4.69, 9.17) is 5.11 Å². The molecule has 1 amide bonds. The Kier molecular flexibility index (Phi) is 7.35. The van der Waals surface area contributed by atoms with Crippen LogP contribution in [-0.2, 0) is 16.0 Å². The van der Waals surface area contributed by atoms with Crippen LogP contribution in [0.15, 0.2) is 30.3 Å². The maximum absolute atomic E-state index is 11.6. The normalized spacial score (nSPS) is 11.8. The van der Waals surface area contributed by atoms with Crippen molar-refractivity contribution in [1.29, 1.82) is 0 Å². The average molecular weight is 278 g/mol. The molecule has 5 heteroatoms. The fourth-order valence-corrected chi connectivity index (χ4v) is 1.91. The SMILES string of the molecule is CNCCCC(=O)NC(CCc1ccccc1)C(=O)O. The minimum atomic E-state index is -0.983. The van der Waals surface area contributed by atoms with Crippen LogP contribution in [0, 0.1) is 0 Å². The van der Waals surface area contributed by atoms with Crippen molar-refractivity contribution in [1.82, 2.24) is 10.6 Å². The fraction of sp³-hybridized carbons (Fsp3) is 0.467. The molecule has 1 atom stereocenters. The first-order valence-electron chi connectivity index (χ1n) is 6.84. The molecule has 110 valence electrons. The zero-order valence-electron chi connectivity index (χ0n) is 11.8. The first-order chi connectivity index (χ1) is 9.63. The summed E-state index contributed by atoms with van der Waals surface area (Å²) in [6.45, 7) is 0.745. The van der Waals surface area contributed by atoms with Crippen LogP contribution >= 0.6 is 0 Å². The molecule has 3 N–H and O–H groups in total. The highest BCUT2D eigenvalue weighted by atomic mass is 16.4. The number of carboxylic acids is 1. The summed E-state index contributed by atoms with van der Waals surface area (Å²) in [5.74, 6) is -1.19. The molecule has 20 heavy (non-hydrogen) atoms. The van der Waals surface area contributed by atoms with Crippen molar-refractivity contribution in [3.05, 3.63) is 35.9 Å². The predicted molar refractivity (Wildman–Crippen MR) is 77.5 cm³/mol. The topological polar surface area (TPSA) is 78.4 Å². The summed E-state index contributed by atoms with van der Waals surface area (Å²) in [4.78, 5) is 22.8. The van der Waals surface area contributed by atoms with Gasteiger partial charge in [-0.2, -0.15) is 0 Å². The van der Waals surface area contributed by atoms with Gasteiger partial charge in [0.25, 0.3) is 0 Å². The van der Waals surface area contributed by atoms with Crippen molar-refractivity contribution in [2.75, 3.05) is 13.6 Å². The van der Waals surface area contributed by atoms with Gasteiger partial charge in [-0.25, -0.2) is 4.79 Å². The van der Waals surface area contributed by atoms with E-state index < -0.39 is 12.0 Å². The van der Waals surface area contributed by atoms with Crippen molar-refractivity contribution in [2.45, 2.75) is 31.7 Å². The first kappa shape index (κ1) is 16.2. The molecule has 0 saturated heterocycles. The van der Waals surface area contributed by atoms with E-state index in [1.54, 1.807) is 0 Å². The predicted octanol–water partition coefficient (Wildman–Crippen LogP) is 1.19. The van der Waals surface area contributed by atoms with Gasteiger partial charge in [0.05, 0.1) is 0 Å². The molecule has 0 aliphatic rings. The number of aryl methyl sites for hydroxylation is 1. The number of hydrogen-bond acceptors (Lipinski definition) is 3. The van der Waals surface area contributed by atoms with Crippen LogP contribution in [0.3, 0.4) is 0 Å². The van der Waals surface area contributed by atoms with Gasteiger partial charge in [0.1, 0.15) is 6.04 Å². The Balaban J connectivity index is 2.40. The molecular formula is C15H22N2O3. The molecule has 1 aromatic carbocycles. The van der Waals surface area contributed by atoms with E-state index in [0.717, 1.165) is 12.1 Å². The summed E-state index contributed by atoms with van der Waals surface area (Å²) >= 11 is 0. The number of carbonyl (C=O) groups is 2. The van der Waals surface area contributed by atoms with E-state index in [1.807, 2.05) is 37.4 Å². The van der Waals surface area contributed by atoms with E-state index in [9.17, 15) is 9.59 Å². The van der Waals surface area contributed by atoms with E-state index in [2.05, 4.69) is 10.6 Å². The highest BCUT2D eigenvalue weighted by Gasteiger charge is 2.19. The van der Waals surface area contributed by atoms with Crippen LogP contribution in [0.5, 0.6) is 0 Å². The number of aliphatic carboxylic acids is 1. The molecule has 1 unspecified atom stereocenters. The van der Waals surface area contributed by atoms with Crippen molar-refractivity contribution in [3.63, 3.8) is 0 Å². The number of benzene rings is 1.